The molecule has 0 aliphatic heterocycles. The molecule has 0 atom stereocenters. The van der Waals surface area contributed by atoms with Crippen LogP contribution in [0.25, 0.3) is 128 Å². The van der Waals surface area contributed by atoms with Crippen molar-refractivity contribution in [3.8, 4) is 84.5 Å². The Balaban J connectivity index is 1.11. The van der Waals surface area contributed by atoms with Gasteiger partial charge in [0.15, 0.2) is 17.5 Å². The van der Waals surface area contributed by atoms with Crippen molar-refractivity contribution < 1.29 is 4.42 Å². The first-order chi connectivity index (χ1) is 33.7. The Labute approximate surface area is 392 Å². The van der Waals surface area contributed by atoms with Gasteiger partial charge in [0.25, 0.3) is 0 Å². The highest BCUT2D eigenvalue weighted by Gasteiger charge is 2.25. The highest BCUT2D eigenvalue weighted by atomic mass is 16.3. The van der Waals surface area contributed by atoms with E-state index in [9.17, 15) is 0 Å². The Morgan fingerprint density at radius 1 is 0.353 bits per heavy atom. The van der Waals surface area contributed by atoms with Crippen LogP contribution >= 0.6 is 0 Å². The van der Waals surface area contributed by atoms with E-state index >= 15 is 0 Å². The van der Waals surface area contributed by atoms with Crippen LogP contribution in [0.3, 0.4) is 0 Å². The van der Waals surface area contributed by atoms with E-state index in [-0.39, 0.29) is 0 Å². The van der Waals surface area contributed by atoms with Gasteiger partial charge in [-0.3, -0.25) is 4.98 Å². The van der Waals surface area contributed by atoms with Crippen molar-refractivity contribution in [3.05, 3.63) is 237 Å². The molecule has 0 fully saturated rings. The van der Waals surface area contributed by atoms with Gasteiger partial charge >= 0.3 is 0 Å². The number of furan rings is 1. The Hall–Kier alpha value is -9.26. The summed E-state index contributed by atoms with van der Waals surface area (Å²) in [7, 11) is 0. The lowest BCUT2D eigenvalue weighted by atomic mass is 9.87. The Morgan fingerprint density at radius 3 is 1.50 bits per heavy atom. The van der Waals surface area contributed by atoms with Crippen LogP contribution in [0.1, 0.15) is 0 Å². The number of rotatable bonds is 8. The van der Waals surface area contributed by atoms with Gasteiger partial charge in [-0.1, -0.05) is 188 Å². The first-order valence-electron chi connectivity index (χ1n) is 22.8. The second kappa shape index (κ2) is 16.3. The zero-order valence-electron chi connectivity index (χ0n) is 36.7. The summed E-state index contributed by atoms with van der Waals surface area (Å²) >= 11 is 0. The van der Waals surface area contributed by atoms with Gasteiger partial charge in [-0.2, -0.15) is 0 Å². The van der Waals surface area contributed by atoms with E-state index in [2.05, 4.69) is 174 Å². The minimum absolute atomic E-state index is 0.502. The maximum atomic E-state index is 7.05. The van der Waals surface area contributed by atoms with E-state index in [1.54, 1.807) is 0 Å². The lowest BCUT2D eigenvalue weighted by Gasteiger charge is -2.18. The predicted molar refractivity (Wildman–Crippen MR) is 277 cm³/mol. The number of fused-ring (bicyclic) bond motifs is 7. The first kappa shape index (κ1) is 39.1. The van der Waals surface area contributed by atoms with Gasteiger partial charge in [0, 0.05) is 61.2 Å². The monoisotopic (exact) mass is 869 g/mol. The van der Waals surface area contributed by atoms with Crippen molar-refractivity contribution in [3.63, 3.8) is 0 Å². The molecule has 6 nitrogen and oxygen atoms in total. The van der Waals surface area contributed by atoms with Crippen molar-refractivity contribution in [2.45, 2.75) is 0 Å². The number of hydrogen-bond acceptors (Lipinski definition) is 5. The Bertz CT molecular complexity index is 3880. The van der Waals surface area contributed by atoms with Crippen LogP contribution in [-0.2, 0) is 0 Å². The predicted octanol–water partition coefficient (Wildman–Crippen LogP) is 15.9. The average Bonchev–Trinajstić information content (AvgIpc) is 3.98. The van der Waals surface area contributed by atoms with Gasteiger partial charge in [-0.15, -0.1) is 0 Å². The summed E-state index contributed by atoms with van der Waals surface area (Å²) in [6, 6.07) is 79.9. The lowest BCUT2D eigenvalue weighted by molar-refractivity contribution is 0.670. The molecule has 13 rings (SSSR count). The van der Waals surface area contributed by atoms with E-state index < -0.39 is 0 Å². The van der Waals surface area contributed by atoms with Gasteiger partial charge in [-0.25, -0.2) is 15.0 Å². The molecule has 9 aromatic carbocycles. The van der Waals surface area contributed by atoms with Crippen LogP contribution in [0, 0.1) is 0 Å². The van der Waals surface area contributed by atoms with E-state index in [4.69, 9.17) is 24.4 Å². The molecule has 0 saturated heterocycles. The number of hydrogen-bond donors (Lipinski definition) is 0. The quantitative estimate of drug-likeness (QED) is 0.152. The van der Waals surface area contributed by atoms with Gasteiger partial charge < -0.3 is 8.98 Å². The highest BCUT2D eigenvalue weighted by Crippen LogP contribution is 2.46. The van der Waals surface area contributed by atoms with Crippen LogP contribution in [-0.4, -0.2) is 24.5 Å². The molecular formula is C62H39N5O. The van der Waals surface area contributed by atoms with E-state index in [1.165, 1.54) is 0 Å². The summed E-state index contributed by atoms with van der Waals surface area (Å²) in [5, 5.41) is 4.37. The SMILES string of the molecule is c1ccc(-c2nc(-c3ccccc3)nc(-c3cc(-c4c(-c5ccccc5)cccc4-c4ccccc4)cnc3-c3cccc4c3oc3ccc5c(c6ccccc6n5-c5ccccc5)c34)n2)cc1. The van der Waals surface area contributed by atoms with E-state index in [0.29, 0.717) is 23.2 Å². The molecule has 13 aromatic rings. The zero-order chi connectivity index (χ0) is 45.0. The highest BCUT2D eigenvalue weighted by molar-refractivity contribution is 6.28. The number of pyridine rings is 1. The minimum Gasteiger partial charge on any atom is -0.455 e. The molecule has 0 amide bonds. The maximum absolute atomic E-state index is 7.05. The van der Waals surface area contributed by atoms with Crippen molar-refractivity contribution in [1.29, 1.82) is 0 Å². The van der Waals surface area contributed by atoms with Crippen molar-refractivity contribution >= 4 is 43.7 Å². The van der Waals surface area contributed by atoms with E-state index in [1.807, 2.05) is 66.9 Å². The molecule has 0 bridgehead atoms. The smallest absolute Gasteiger partial charge is 0.166 e. The topological polar surface area (TPSA) is 69.6 Å². The molecular weight excluding hydrogens is 831 g/mol. The van der Waals surface area contributed by atoms with Gasteiger partial charge in [0.1, 0.15) is 11.2 Å². The number of nitrogens with zero attached hydrogens (tertiary/aromatic N) is 5. The van der Waals surface area contributed by atoms with Crippen molar-refractivity contribution in [1.82, 2.24) is 24.5 Å². The summed E-state index contributed by atoms with van der Waals surface area (Å²) in [5.74, 6) is 1.64. The molecule has 0 aliphatic rings. The standard InChI is InChI=1S/C62H39N5O/c1-6-20-40(21-7-1)46-31-18-32-47(41-22-8-2-9-23-41)55(46)44-38-51(62-65-60(42-24-10-3-11-25-42)64-61(66-62)43-26-12-4-13-27-43)58(63-39-44)50-34-19-33-49-57-54(68-59(49)50)37-36-53-56(57)48-30-16-17-35-52(48)67(53)45-28-14-5-15-29-45/h1-39H. The minimum atomic E-state index is 0.502. The third-order valence-electron chi connectivity index (χ3n) is 12.9. The fraction of sp³-hybridized carbons (Fsp3) is 0. The van der Waals surface area contributed by atoms with Gasteiger partial charge in [0.05, 0.1) is 16.7 Å². The molecule has 0 unspecified atom stereocenters. The molecule has 0 radical (unpaired) electrons. The molecule has 0 spiro atoms. The Kier molecular flexibility index (Phi) is 9.39. The molecule has 6 heteroatoms. The van der Waals surface area contributed by atoms with Crippen LogP contribution in [0.5, 0.6) is 0 Å². The summed E-state index contributed by atoms with van der Waals surface area (Å²) in [6.45, 7) is 0. The third kappa shape index (κ3) is 6.58. The van der Waals surface area contributed by atoms with Gasteiger partial charge in [-0.05, 0) is 70.3 Å². The number of aromatic nitrogens is 5. The molecule has 4 heterocycles. The Morgan fingerprint density at radius 2 is 0.868 bits per heavy atom. The van der Waals surface area contributed by atoms with Crippen LogP contribution < -0.4 is 0 Å². The van der Waals surface area contributed by atoms with Gasteiger partial charge in [0.2, 0.25) is 0 Å². The fourth-order valence-electron chi connectivity index (χ4n) is 9.88. The average molecular weight is 870 g/mol. The van der Waals surface area contributed by atoms with E-state index in [0.717, 1.165) is 105 Å². The normalized spacial score (nSPS) is 11.5. The molecule has 0 aliphatic carbocycles. The number of benzene rings is 9. The van der Waals surface area contributed by atoms with Crippen LogP contribution in [0.2, 0.25) is 0 Å². The first-order valence-corrected chi connectivity index (χ1v) is 22.8. The number of para-hydroxylation sites is 3. The summed E-state index contributed by atoms with van der Waals surface area (Å²) in [6.07, 6.45) is 2.00. The van der Waals surface area contributed by atoms with Crippen molar-refractivity contribution in [2.24, 2.45) is 0 Å². The third-order valence-corrected chi connectivity index (χ3v) is 12.9. The van der Waals surface area contributed by atoms with Crippen LogP contribution in [0.4, 0.5) is 0 Å². The second-order valence-electron chi connectivity index (χ2n) is 16.9. The maximum Gasteiger partial charge on any atom is 0.166 e. The van der Waals surface area contributed by atoms with Crippen molar-refractivity contribution in [2.75, 3.05) is 0 Å². The lowest BCUT2D eigenvalue weighted by Crippen LogP contribution is -2.02. The second-order valence-corrected chi connectivity index (χ2v) is 16.9. The molecule has 4 aromatic heterocycles. The largest absolute Gasteiger partial charge is 0.455 e. The molecule has 0 N–H and O–H groups in total. The molecule has 318 valence electrons. The summed E-state index contributed by atoms with van der Waals surface area (Å²) < 4.78 is 9.40. The molecule has 0 saturated carbocycles. The zero-order valence-corrected chi connectivity index (χ0v) is 36.7. The van der Waals surface area contributed by atoms with Crippen LogP contribution in [0.15, 0.2) is 241 Å². The summed E-state index contributed by atoms with van der Waals surface area (Å²) in [4.78, 5) is 21.2. The molecule has 68 heavy (non-hydrogen) atoms. The summed E-state index contributed by atoms with van der Waals surface area (Å²) in [5.41, 5.74) is 15.3. The fourth-order valence-corrected chi connectivity index (χ4v) is 9.88.